The maximum atomic E-state index is 13.2. The number of fused-ring (bicyclic) bond motifs is 3. The summed E-state index contributed by atoms with van der Waals surface area (Å²) in [7, 11) is 0. The van der Waals surface area contributed by atoms with Crippen molar-refractivity contribution < 1.29 is 14.3 Å². The van der Waals surface area contributed by atoms with E-state index in [1.807, 2.05) is 48.2 Å². The van der Waals surface area contributed by atoms with Gasteiger partial charge in [0.1, 0.15) is 17.9 Å². The Morgan fingerprint density at radius 3 is 2.42 bits per heavy atom. The van der Waals surface area contributed by atoms with Crippen molar-refractivity contribution in [1.82, 2.24) is 39.7 Å². The van der Waals surface area contributed by atoms with Crippen LogP contribution < -0.4 is 10.5 Å². The summed E-state index contributed by atoms with van der Waals surface area (Å²) < 4.78 is 7.08. The van der Waals surface area contributed by atoms with E-state index in [9.17, 15) is 9.59 Å². The van der Waals surface area contributed by atoms with Crippen LogP contribution in [0.2, 0.25) is 0 Å². The number of aromatic amines is 1. The molecule has 3 atom stereocenters. The van der Waals surface area contributed by atoms with Crippen molar-refractivity contribution in [3.8, 4) is 28.1 Å². The Morgan fingerprint density at radius 2 is 1.79 bits per heavy atom. The summed E-state index contributed by atoms with van der Waals surface area (Å²) in [4.78, 5) is 40.6. The molecule has 2 bridgehead atoms. The monoisotopic (exact) mass is 577 g/mol. The van der Waals surface area contributed by atoms with Crippen LogP contribution in [-0.4, -0.2) is 70.0 Å². The Bertz CT molecular complexity index is 1800. The second kappa shape index (κ2) is 10.6. The molecular formula is C31H31N9O3. The number of amides is 1. The Hall–Kier alpha value is -5.13. The molecule has 12 heteroatoms. The van der Waals surface area contributed by atoms with Crippen LogP contribution >= 0.6 is 0 Å². The number of ether oxygens (including phenoxy) is 1. The number of nitrogens with two attached hydrogens (primary N) is 1. The van der Waals surface area contributed by atoms with Gasteiger partial charge < -0.3 is 20.4 Å². The van der Waals surface area contributed by atoms with Crippen LogP contribution in [0.3, 0.4) is 0 Å². The first-order valence-corrected chi connectivity index (χ1v) is 14.5. The molecule has 43 heavy (non-hydrogen) atoms. The van der Waals surface area contributed by atoms with Crippen molar-refractivity contribution >= 4 is 23.2 Å². The number of carbonyl (C=O) groups excluding carboxylic acids is 2. The van der Waals surface area contributed by atoms with E-state index in [1.165, 1.54) is 17.8 Å². The standard InChI is InChI=1S/C31H31N9O3/c1-3-43-23-9-4-18(5-10-23)25-11-6-19(14-33-25)24-15-36-40-28(32)26(17(2)41)27(37-30(24)40)20-12-21-7-8-22(13-20)39(21)31(42)29-34-16-35-38-29/h4-6,9-11,14-16,20-22H,3,7-8,12-13,32H2,1-2H3,(H,34,35,38)/t20-,21+,22-. The molecule has 1 aromatic carbocycles. The molecule has 0 saturated carbocycles. The number of nitrogen functional groups attached to an aromatic ring is 1. The molecule has 2 saturated heterocycles. The quantitative estimate of drug-likeness (QED) is 0.269. The molecule has 0 spiro atoms. The average molecular weight is 578 g/mol. The fraction of sp³-hybridized carbons (Fsp3) is 0.323. The van der Waals surface area contributed by atoms with Crippen LogP contribution in [0.15, 0.2) is 55.1 Å². The second-order valence-corrected chi connectivity index (χ2v) is 11.1. The van der Waals surface area contributed by atoms with Gasteiger partial charge in [-0.1, -0.05) is 6.07 Å². The minimum atomic E-state index is -0.159. The highest BCUT2D eigenvalue weighted by molar-refractivity contribution is 6.00. The third-order valence-corrected chi connectivity index (χ3v) is 8.57. The van der Waals surface area contributed by atoms with Gasteiger partial charge in [0, 0.05) is 40.9 Å². The molecule has 218 valence electrons. The summed E-state index contributed by atoms with van der Waals surface area (Å²) in [5.41, 5.74) is 11.7. The van der Waals surface area contributed by atoms with E-state index in [1.54, 1.807) is 12.4 Å². The summed E-state index contributed by atoms with van der Waals surface area (Å²) in [5.74, 6) is 0.995. The fourth-order valence-corrected chi connectivity index (χ4v) is 6.67. The number of Topliss-reactive ketones (excluding diaryl/α,β-unsaturated/α-hetero) is 1. The van der Waals surface area contributed by atoms with Gasteiger partial charge in [0.2, 0.25) is 5.82 Å². The number of hydrogen-bond acceptors (Lipinski definition) is 9. The summed E-state index contributed by atoms with van der Waals surface area (Å²) in [6.07, 6.45) is 8.06. The lowest BCUT2D eigenvalue weighted by Gasteiger charge is -2.38. The predicted molar refractivity (Wildman–Crippen MR) is 159 cm³/mol. The predicted octanol–water partition coefficient (Wildman–Crippen LogP) is 4.31. The first-order valence-electron chi connectivity index (χ1n) is 14.5. The van der Waals surface area contributed by atoms with Crippen molar-refractivity contribution in [2.24, 2.45) is 0 Å². The number of rotatable bonds is 7. The molecular weight excluding hydrogens is 546 g/mol. The molecule has 2 fully saturated rings. The number of benzene rings is 1. The van der Waals surface area contributed by atoms with Crippen molar-refractivity contribution in [1.29, 1.82) is 0 Å². The lowest BCUT2D eigenvalue weighted by molar-refractivity contribution is 0.0556. The number of nitrogens with zero attached hydrogens (tertiary/aromatic N) is 7. The molecule has 0 aliphatic carbocycles. The van der Waals surface area contributed by atoms with Gasteiger partial charge in [-0.25, -0.2) is 4.98 Å². The van der Waals surface area contributed by atoms with Gasteiger partial charge in [-0.2, -0.15) is 9.61 Å². The van der Waals surface area contributed by atoms with Gasteiger partial charge in [-0.05, 0) is 69.9 Å². The normalized spacial score (nSPS) is 19.6. The zero-order chi connectivity index (χ0) is 29.7. The maximum Gasteiger partial charge on any atom is 0.292 e. The lowest BCUT2D eigenvalue weighted by atomic mass is 9.85. The third-order valence-electron chi connectivity index (χ3n) is 8.57. The molecule has 2 aliphatic rings. The number of pyridine rings is 1. The van der Waals surface area contributed by atoms with Crippen LogP contribution in [0.5, 0.6) is 5.75 Å². The number of aromatic nitrogens is 7. The van der Waals surface area contributed by atoms with E-state index in [0.29, 0.717) is 36.4 Å². The first-order chi connectivity index (χ1) is 20.9. The van der Waals surface area contributed by atoms with Gasteiger partial charge in [-0.3, -0.25) is 14.6 Å². The average Bonchev–Trinajstić information content (AvgIpc) is 3.76. The number of piperidine rings is 1. The summed E-state index contributed by atoms with van der Waals surface area (Å²) in [5, 5.41) is 12.2. The molecule has 12 nitrogen and oxygen atoms in total. The van der Waals surface area contributed by atoms with Crippen LogP contribution in [0.1, 0.15) is 72.1 Å². The maximum absolute atomic E-state index is 13.2. The summed E-state index contributed by atoms with van der Waals surface area (Å²) in [6.45, 7) is 4.08. The van der Waals surface area contributed by atoms with Crippen LogP contribution in [0.4, 0.5) is 5.82 Å². The number of ketones is 1. The molecule has 3 N–H and O–H groups in total. The van der Waals surface area contributed by atoms with Crippen LogP contribution in [0, 0.1) is 0 Å². The van der Waals surface area contributed by atoms with E-state index in [2.05, 4.69) is 20.3 Å². The van der Waals surface area contributed by atoms with Crippen molar-refractivity contribution in [2.75, 3.05) is 12.3 Å². The van der Waals surface area contributed by atoms with E-state index < -0.39 is 0 Å². The SMILES string of the molecule is CCOc1ccc(-c2ccc(-c3cnn4c(N)c(C(C)=O)c([C@H]5C[C@H]6CC[C@@H](C5)N6C(=O)c5nnc[nH]5)nc34)cn2)cc1. The highest BCUT2D eigenvalue weighted by atomic mass is 16.5. The molecule has 6 heterocycles. The van der Waals surface area contributed by atoms with Crippen molar-refractivity contribution in [2.45, 2.75) is 57.5 Å². The van der Waals surface area contributed by atoms with Gasteiger partial charge in [0.15, 0.2) is 11.4 Å². The molecule has 5 aromatic rings. The lowest BCUT2D eigenvalue weighted by Crippen LogP contribution is -2.46. The van der Waals surface area contributed by atoms with E-state index in [4.69, 9.17) is 20.4 Å². The molecule has 4 aromatic heterocycles. The zero-order valence-corrected chi connectivity index (χ0v) is 23.9. The number of hydrogen-bond donors (Lipinski definition) is 2. The topological polar surface area (TPSA) is 157 Å². The van der Waals surface area contributed by atoms with Crippen LogP contribution in [0.25, 0.3) is 28.0 Å². The second-order valence-electron chi connectivity index (χ2n) is 11.1. The summed E-state index contributed by atoms with van der Waals surface area (Å²) >= 11 is 0. The number of nitrogens with one attached hydrogen (secondary N) is 1. The minimum Gasteiger partial charge on any atom is -0.494 e. The Labute approximate surface area is 247 Å². The van der Waals surface area contributed by atoms with Crippen LogP contribution in [-0.2, 0) is 0 Å². The van der Waals surface area contributed by atoms with Crippen molar-refractivity contribution in [3.63, 3.8) is 0 Å². The largest absolute Gasteiger partial charge is 0.494 e. The molecule has 0 unspecified atom stereocenters. The Morgan fingerprint density at radius 1 is 1.05 bits per heavy atom. The molecule has 1 amide bonds. The molecule has 7 rings (SSSR count). The zero-order valence-electron chi connectivity index (χ0n) is 23.9. The first kappa shape index (κ1) is 26.7. The van der Waals surface area contributed by atoms with Crippen molar-refractivity contribution in [3.05, 3.63) is 72.2 Å². The van der Waals surface area contributed by atoms with Gasteiger partial charge in [-0.15, -0.1) is 10.2 Å². The minimum absolute atomic E-state index is 0.0177. The number of anilines is 1. The van der Waals surface area contributed by atoms with E-state index in [0.717, 1.165) is 41.0 Å². The highest BCUT2D eigenvalue weighted by Gasteiger charge is 2.45. The van der Waals surface area contributed by atoms with E-state index >= 15 is 0 Å². The third kappa shape index (κ3) is 4.59. The van der Waals surface area contributed by atoms with Gasteiger partial charge in [0.05, 0.1) is 29.8 Å². The highest BCUT2D eigenvalue weighted by Crippen LogP contribution is 2.45. The molecule has 0 radical (unpaired) electrons. The Kier molecular flexibility index (Phi) is 6.60. The summed E-state index contributed by atoms with van der Waals surface area (Å²) in [6, 6.07) is 11.8. The van der Waals surface area contributed by atoms with Gasteiger partial charge in [0.25, 0.3) is 5.91 Å². The molecule has 2 aliphatic heterocycles. The van der Waals surface area contributed by atoms with Gasteiger partial charge >= 0.3 is 0 Å². The fourth-order valence-electron chi connectivity index (χ4n) is 6.67. The smallest absolute Gasteiger partial charge is 0.292 e. The number of carbonyl (C=O) groups is 2. The number of H-pyrrole nitrogens is 1. The van der Waals surface area contributed by atoms with E-state index in [-0.39, 0.29) is 41.3 Å². The Balaban J connectivity index is 1.22.